The van der Waals surface area contributed by atoms with E-state index in [-0.39, 0.29) is 0 Å². The fourth-order valence-electron chi connectivity index (χ4n) is 1.48. The van der Waals surface area contributed by atoms with Crippen LogP contribution >= 0.6 is 0 Å². The highest BCUT2D eigenvalue weighted by Gasteiger charge is 2.36. The largest absolute Gasteiger partial charge is 0.396 e. The van der Waals surface area contributed by atoms with E-state index in [1.165, 1.54) is 0 Å². The molecule has 1 heterocycles. The molecular formula is C10H14N2O. The van der Waals surface area contributed by atoms with Crippen LogP contribution in [-0.4, -0.2) is 22.7 Å². The molecular weight excluding hydrogens is 164 g/mol. The van der Waals surface area contributed by atoms with E-state index in [9.17, 15) is 0 Å². The van der Waals surface area contributed by atoms with Crippen LogP contribution in [0.1, 0.15) is 12.1 Å². The molecule has 1 aromatic heterocycles. The first kappa shape index (κ1) is 8.51. The summed E-state index contributed by atoms with van der Waals surface area (Å²) in [7, 11) is 0. The Labute approximate surface area is 77.8 Å². The van der Waals surface area contributed by atoms with Gasteiger partial charge in [-0.1, -0.05) is 0 Å². The summed E-state index contributed by atoms with van der Waals surface area (Å²) in [6.07, 6.45) is 2.88. The number of aryl methyl sites for hydroxylation is 1. The smallest absolute Gasteiger partial charge is 0.0479 e. The predicted octanol–water partition coefficient (Wildman–Crippen LogP) is 1.18. The maximum absolute atomic E-state index is 8.86. The molecule has 1 aliphatic rings. The molecule has 3 nitrogen and oxygen atoms in total. The molecule has 0 bridgehead atoms. The highest BCUT2D eigenvalue weighted by molar-refractivity contribution is 5.45. The fraction of sp³-hybridized carbons (Fsp3) is 0.500. The monoisotopic (exact) mass is 178 g/mol. The third-order valence-corrected chi connectivity index (χ3v) is 2.41. The lowest BCUT2D eigenvalue weighted by atomic mass is 10.3. The SMILES string of the molecule is Cc1cc(N[C@@H]2C[C@H]2CO)ccn1. The van der Waals surface area contributed by atoms with Gasteiger partial charge in [-0.15, -0.1) is 0 Å². The molecule has 2 N–H and O–H groups in total. The summed E-state index contributed by atoms with van der Waals surface area (Å²) in [4.78, 5) is 4.12. The van der Waals surface area contributed by atoms with Gasteiger partial charge in [0.05, 0.1) is 0 Å². The van der Waals surface area contributed by atoms with Gasteiger partial charge in [0.25, 0.3) is 0 Å². The molecule has 0 amide bonds. The number of pyridine rings is 1. The van der Waals surface area contributed by atoms with Crippen molar-refractivity contribution in [3.05, 3.63) is 24.0 Å². The van der Waals surface area contributed by atoms with Crippen LogP contribution in [0.25, 0.3) is 0 Å². The second kappa shape index (κ2) is 3.34. The number of aromatic nitrogens is 1. The third-order valence-electron chi connectivity index (χ3n) is 2.41. The first-order chi connectivity index (χ1) is 6.29. The zero-order valence-corrected chi connectivity index (χ0v) is 7.70. The number of aliphatic hydroxyl groups is 1. The summed E-state index contributed by atoms with van der Waals surface area (Å²) < 4.78 is 0. The van der Waals surface area contributed by atoms with Crippen LogP contribution in [0.15, 0.2) is 18.3 Å². The molecule has 0 unspecified atom stereocenters. The Morgan fingerprint density at radius 3 is 3.15 bits per heavy atom. The van der Waals surface area contributed by atoms with Gasteiger partial charge < -0.3 is 10.4 Å². The summed E-state index contributed by atoms with van der Waals surface area (Å²) in [5.74, 6) is 0.452. The summed E-state index contributed by atoms with van der Waals surface area (Å²) in [5, 5.41) is 12.2. The van der Waals surface area contributed by atoms with Gasteiger partial charge >= 0.3 is 0 Å². The minimum Gasteiger partial charge on any atom is -0.396 e. The maximum atomic E-state index is 8.86. The second-order valence-electron chi connectivity index (χ2n) is 3.62. The van der Waals surface area contributed by atoms with Crippen molar-refractivity contribution in [2.24, 2.45) is 5.92 Å². The Morgan fingerprint density at radius 1 is 1.69 bits per heavy atom. The first-order valence-corrected chi connectivity index (χ1v) is 4.59. The van der Waals surface area contributed by atoms with Gasteiger partial charge in [-0.25, -0.2) is 0 Å². The molecule has 0 aromatic carbocycles. The average molecular weight is 178 g/mol. The van der Waals surface area contributed by atoms with E-state index in [1.54, 1.807) is 6.20 Å². The van der Waals surface area contributed by atoms with Crippen LogP contribution in [0.2, 0.25) is 0 Å². The van der Waals surface area contributed by atoms with Crippen molar-refractivity contribution < 1.29 is 5.11 Å². The number of anilines is 1. The average Bonchev–Trinajstić information content (AvgIpc) is 2.83. The maximum Gasteiger partial charge on any atom is 0.0479 e. The van der Waals surface area contributed by atoms with Gasteiger partial charge in [-0.3, -0.25) is 4.98 Å². The van der Waals surface area contributed by atoms with Crippen LogP contribution in [0.4, 0.5) is 5.69 Å². The number of aliphatic hydroxyl groups excluding tert-OH is 1. The topological polar surface area (TPSA) is 45.1 Å². The molecule has 70 valence electrons. The highest BCUT2D eigenvalue weighted by Crippen LogP contribution is 2.32. The molecule has 2 atom stereocenters. The van der Waals surface area contributed by atoms with E-state index in [1.807, 2.05) is 19.1 Å². The third kappa shape index (κ3) is 1.98. The highest BCUT2D eigenvalue weighted by atomic mass is 16.3. The van der Waals surface area contributed by atoms with Crippen molar-refractivity contribution in [2.75, 3.05) is 11.9 Å². The molecule has 1 fully saturated rings. The molecule has 1 aromatic rings. The van der Waals surface area contributed by atoms with Gasteiger partial charge in [0, 0.05) is 36.1 Å². The quantitative estimate of drug-likeness (QED) is 0.730. The van der Waals surface area contributed by atoms with Crippen LogP contribution < -0.4 is 5.32 Å². The summed E-state index contributed by atoms with van der Waals surface area (Å²) in [5.41, 5.74) is 2.12. The van der Waals surface area contributed by atoms with E-state index in [0.29, 0.717) is 18.6 Å². The normalized spacial score (nSPS) is 25.7. The number of rotatable bonds is 3. The van der Waals surface area contributed by atoms with Gasteiger partial charge in [0.1, 0.15) is 0 Å². The van der Waals surface area contributed by atoms with Crippen molar-refractivity contribution in [2.45, 2.75) is 19.4 Å². The Morgan fingerprint density at radius 2 is 2.54 bits per heavy atom. The standard InChI is InChI=1S/C10H14N2O/c1-7-4-9(2-3-11-7)12-10-5-8(10)6-13/h2-4,8,10,13H,5-6H2,1H3,(H,11,12)/t8-,10+/m0/s1. The summed E-state index contributed by atoms with van der Waals surface area (Å²) in [6, 6.07) is 4.44. The summed E-state index contributed by atoms with van der Waals surface area (Å²) >= 11 is 0. The van der Waals surface area contributed by atoms with Gasteiger partial charge in [0.15, 0.2) is 0 Å². The van der Waals surface area contributed by atoms with Crippen LogP contribution in [-0.2, 0) is 0 Å². The molecule has 0 saturated heterocycles. The minimum absolute atomic E-state index is 0.293. The molecule has 0 spiro atoms. The zero-order valence-electron chi connectivity index (χ0n) is 7.70. The minimum atomic E-state index is 0.293. The predicted molar refractivity (Wildman–Crippen MR) is 51.6 cm³/mol. The van der Waals surface area contributed by atoms with Crippen molar-refractivity contribution >= 4 is 5.69 Å². The number of nitrogens with zero attached hydrogens (tertiary/aromatic N) is 1. The van der Waals surface area contributed by atoms with E-state index >= 15 is 0 Å². The van der Waals surface area contributed by atoms with E-state index in [4.69, 9.17) is 5.11 Å². The Hall–Kier alpha value is -1.09. The van der Waals surface area contributed by atoms with E-state index in [0.717, 1.165) is 17.8 Å². The number of hydrogen-bond acceptors (Lipinski definition) is 3. The Balaban J connectivity index is 1.95. The van der Waals surface area contributed by atoms with Crippen molar-refractivity contribution in [1.29, 1.82) is 0 Å². The lowest BCUT2D eigenvalue weighted by Crippen LogP contribution is -2.06. The van der Waals surface area contributed by atoms with Crippen LogP contribution in [0, 0.1) is 12.8 Å². The molecule has 13 heavy (non-hydrogen) atoms. The number of hydrogen-bond donors (Lipinski definition) is 2. The Kier molecular flexibility index (Phi) is 2.19. The zero-order chi connectivity index (χ0) is 9.26. The van der Waals surface area contributed by atoms with E-state index in [2.05, 4.69) is 10.3 Å². The lowest BCUT2D eigenvalue weighted by Gasteiger charge is -2.04. The van der Waals surface area contributed by atoms with Crippen LogP contribution in [0.3, 0.4) is 0 Å². The molecule has 1 saturated carbocycles. The molecule has 3 heteroatoms. The van der Waals surface area contributed by atoms with Gasteiger partial charge in [0.2, 0.25) is 0 Å². The molecule has 0 radical (unpaired) electrons. The lowest BCUT2D eigenvalue weighted by molar-refractivity contribution is 0.275. The first-order valence-electron chi connectivity index (χ1n) is 4.59. The van der Waals surface area contributed by atoms with E-state index < -0.39 is 0 Å². The van der Waals surface area contributed by atoms with Crippen molar-refractivity contribution in [1.82, 2.24) is 4.98 Å². The van der Waals surface area contributed by atoms with Crippen molar-refractivity contribution in [3.8, 4) is 0 Å². The molecule has 0 aliphatic heterocycles. The van der Waals surface area contributed by atoms with Gasteiger partial charge in [-0.05, 0) is 25.5 Å². The van der Waals surface area contributed by atoms with Crippen LogP contribution in [0.5, 0.6) is 0 Å². The van der Waals surface area contributed by atoms with Gasteiger partial charge in [-0.2, -0.15) is 0 Å². The number of nitrogens with one attached hydrogen (secondary N) is 1. The molecule has 1 aliphatic carbocycles. The fourth-order valence-corrected chi connectivity index (χ4v) is 1.48. The van der Waals surface area contributed by atoms with Crippen molar-refractivity contribution in [3.63, 3.8) is 0 Å². The summed E-state index contributed by atoms with van der Waals surface area (Å²) in [6.45, 7) is 2.27. The second-order valence-corrected chi connectivity index (χ2v) is 3.62. The Bertz CT molecular complexity index is 301. The molecule has 2 rings (SSSR count).